The van der Waals surface area contributed by atoms with Crippen molar-refractivity contribution >= 4 is 32.6 Å². The van der Waals surface area contributed by atoms with Gasteiger partial charge in [0.05, 0.1) is 0 Å². The normalized spacial score (nSPS) is 11.2. The van der Waals surface area contributed by atoms with Crippen molar-refractivity contribution in [3.63, 3.8) is 0 Å². The van der Waals surface area contributed by atoms with Gasteiger partial charge in [-0.2, -0.15) is 0 Å². The van der Waals surface area contributed by atoms with E-state index in [1.165, 1.54) is 0 Å². The molecule has 1 heterocycles. The van der Waals surface area contributed by atoms with Gasteiger partial charge < -0.3 is 0 Å². The Morgan fingerprint density at radius 1 is 1.06 bits per heavy atom. The van der Waals surface area contributed by atoms with E-state index in [1.54, 1.807) is 53.5 Å². The second-order valence-electron chi connectivity index (χ2n) is 3.69. The molecule has 0 saturated carbocycles. The number of hydrogen-bond donors (Lipinski definition) is 1. The van der Waals surface area contributed by atoms with E-state index in [0.29, 0.717) is 5.69 Å². The number of anilines is 1. The van der Waals surface area contributed by atoms with E-state index in [9.17, 15) is 8.42 Å². The van der Waals surface area contributed by atoms with Crippen molar-refractivity contribution in [2.24, 2.45) is 0 Å². The zero-order valence-corrected chi connectivity index (χ0v) is 12.8. The quantitative estimate of drug-likeness (QED) is 0.854. The molecule has 0 spiro atoms. The summed E-state index contributed by atoms with van der Waals surface area (Å²) < 4.78 is 26.7. The SMILES string of the molecule is O=S(=O)(Nc1ccncc1)c1ccc(C[AsH2])cc1. The molecule has 1 atom stereocenters. The molecular formula is C12H13AsN2O2S. The molecule has 1 aromatic carbocycles. The first-order valence-corrected chi connectivity index (χ1v) is 8.53. The number of benzene rings is 1. The van der Waals surface area contributed by atoms with Crippen molar-refractivity contribution < 1.29 is 8.42 Å². The van der Waals surface area contributed by atoms with Crippen molar-refractivity contribution in [1.29, 1.82) is 0 Å². The fraction of sp³-hybridized carbons (Fsp3) is 0.0833. The maximum atomic E-state index is 12.1. The van der Waals surface area contributed by atoms with E-state index in [4.69, 9.17) is 0 Å². The number of sulfonamides is 1. The molecule has 1 unspecified atom stereocenters. The molecule has 0 aliphatic carbocycles. The third-order valence-corrected chi connectivity index (χ3v) is 4.79. The zero-order valence-electron chi connectivity index (χ0n) is 9.58. The fourth-order valence-electron chi connectivity index (χ4n) is 1.44. The van der Waals surface area contributed by atoms with Gasteiger partial charge in [-0.1, -0.05) is 0 Å². The summed E-state index contributed by atoms with van der Waals surface area (Å²) in [4.78, 5) is 4.11. The standard InChI is InChI=1S/C12H13AsN2O2S/c13-9-10-1-3-12(4-2-10)18(16,17)15-11-5-7-14-8-6-11/h1-8H,9,13H2,(H,14,15). The zero-order chi connectivity index (χ0) is 13.0. The summed E-state index contributed by atoms with van der Waals surface area (Å²) in [7, 11) is -3.51. The molecule has 2 rings (SSSR count). The van der Waals surface area contributed by atoms with Crippen LogP contribution in [0.15, 0.2) is 53.7 Å². The topological polar surface area (TPSA) is 59.1 Å². The minimum absolute atomic E-state index is 0.268. The predicted octanol–water partition coefficient (Wildman–Crippen LogP) is 1.02. The first-order valence-electron chi connectivity index (χ1n) is 5.34. The third kappa shape index (κ3) is 3.12. The molecule has 0 aliphatic heterocycles. The molecule has 1 aromatic heterocycles. The number of nitrogens with one attached hydrogen (secondary N) is 1. The molecule has 18 heavy (non-hydrogen) atoms. The van der Waals surface area contributed by atoms with Crippen molar-refractivity contribution in [3.8, 4) is 0 Å². The van der Waals surface area contributed by atoms with Crippen LogP contribution >= 0.6 is 0 Å². The van der Waals surface area contributed by atoms with Gasteiger partial charge in [-0.25, -0.2) is 0 Å². The summed E-state index contributed by atoms with van der Waals surface area (Å²) in [6.45, 7) is 0. The molecule has 94 valence electrons. The summed E-state index contributed by atoms with van der Waals surface area (Å²) in [6, 6.07) is 10.1. The van der Waals surface area contributed by atoms with Crippen LogP contribution in [-0.2, 0) is 15.2 Å². The number of rotatable bonds is 4. The summed E-state index contributed by atoms with van der Waals surface area (Å²) in [5, 5.41) is 0.950. The van der Waals surface area contributed by atoms with Gasteiger partial charge in [0.15, 0.2) is 0 Å². The first-order chi connectivity index (χ1) is 8.62. The Morgan fingerprint density at radius 2 is 1.67 bits per heavy atom. The summed E-state index contributed by atoms with van der Waals surface area (Å²) in [6.07, 6.45) is 3.08. The van der Waals surface area contributed by atoms with Crippen LogP contribution in [-0.4, -0.2) is 30.3 Å². The Bertz CT molecular complexity index is 612. The summed E-state index contributed by atoms with van der Waals surface area (Å²) in [5.41, 5.74) is 1.64. The van der Waals surface area contributed by atoms with Gasteiger partial charge >= 0.3 is 115 Å². The number of nitrogens with zero attached hydrogens (tertiary/aromatic N) is 1. The van der Waals surface area contributed by atoms with Crippen LogP contribution in [0.3, 0.4) is 0 Å². The van der Waals surface area contributed by atoms with Gasteiger partial charge in [0.1, 0.15) is 0 Å². The fourth-order valence-corrected chi connectivity index (χ4v) is 3.07. The molecule has 0 radical (unpaired) electrons. The van der Waals surface area contributed by atoms with E-state index in [1.807, 2.05) is 12.1 Å². The van der Waals surface area contributed by atoms with Crippen LogP contribution in [0.25, 0.3) is 0 Å². The van der Waals surface area contributed by atoms with E-state index >= 15 is 0 Å². The van der Waals surface area contributed by atoms with E-state index < -0.39 is 10.0 Å². The molecular weight excluding hydrogens is 311 g/mol. The number of aromatic nitrogens is 1. The third-order valence-electron chi connectivity index (χ3n) is 2.40. The monoisotopic (exact) mass is 324 g/mol. The summed E-state index contributed by atoms with van der Waals surface area (Å²) >= 11 is 1.60. The molecule has 0 bridgehead atoms. The van der Waals surface area contributed by atoms with Gasteiger partial charge in [0, 0.05) is 0 Å². The van der Waals surface area contributed by atoms with Gasteiger partial charge in [-0.3, -0.25) is 0 Å². The molecule has 0 aliphatic rings. The molecule has 4 nitrogen and oxygen atoms in total. The van der Waals surface area contributed by atoms with Crippen LogP contribution in [0.1, 0.15) is 5.56 Å². The van der Waals surface area contributed by atoms with Crippen LogP contribution in [0, 0.1) is 0 Å². The average molecular weight is 324 g/mol. The maximum absolute atomic E-state index is 12.1. The molecule has 2 aromatic rings. The van der Waals surface area contributed by atoms with E-state index in [2.05, 4.69) is 9.71 Å². The predicted molar refractivity (Wildman–Crippen MR) is 73.7 cm³/mol. The Morgan fingerprint density at radius 3 is 2.22 bits per heavy atom. The van der Waals surface area contributed by atoms with E-state index in [0.717, 1.165) is 10.8 Å². The van der Waals surface area contributed by atoms with Crippen LogP contribution in [0.5, 0.6) is 0 Å². The molecule has 1 N–H and O–H groups in total. The van der Waals surface area contributed by atoms with Crippen molar-refractivity contribution in [3.05, 3.63) is 54.4 Å². The van der Waals surface area contributed by atoms with Gasteiger partial charge in [0.25, 0.3) is 0 Å². The molecule has 0 amide bonds. The van der Waals surface area contributed by atoms with Crippen LogP contribution < -0.4 is 4.72 Å². The number of pyridine rings is 1. The van der Waals surface area contributed by atoms with Gasteiger partial charge in [0.2, 0.25) is 0 Å². The van der Waals surface area contributed by atoms with Crippen LogP contribution in [0.4, 0.5) is 5.69 Å². The Kier molecular flexibility index (Phi) is 4.04. The van der Waals surface area contributed by atoms with Crippen molar-refractivity contribution in [1.82, 2.24) is 4.98 Å². The van der Waals surface area contributed by atoms with Gasteiger partial charge in [-0.05, 0) is 0 Å². The van der Waals surface area contributed by atoms with Crippen LogP contribution in [0.2, 0.25) is 0 Å². The molecule has 6 heteroatoms. The Balaban J connectivity index is 2.25. The second kappa shape index (κ2) is 5.55. The molecule has 0 saturated heterocycles. The van der Waals surface area contributed by atoms with Crippen molar-refractivity contribution in [2.75, 3.05) is 4.72 Å². The van der Waals surface area contributed by atoms with Gasteiger partial charge in [-0.15, -0.1) is 0 Å². The summed E-state index contributed by atoms with van der Waals surface area (Å²) in [5.74, 6) is 0. The Labute approximate surface area is 115 Å². The number of hydrogen-bond acceptors (Lipinski definition) is 3. The first kappa shape index (κ1) is 13.1. The average Bonchev–Trinajstić information content (AvgIpc) is 2.39. The van der Waals surface area contributed by atoms with E-state index in [-0.39, 0.29) is 4.90 Å². The minimum atomic E-state index is -3.51. The second-order valence-corrected chi connectivity index (χ2v) is 6.23. The molecule has 0 fully saturated rings. The van der Waals surface area contributed by atoms with Crippen molar-refractivity contribution in [2.45, 2.75) is 10.1 Å². The Hall–Kier alpha value is -1.32.